The van der Waals surface area contributed by atoms with Crippen molar-refractivity contribution in [3.63, 3.8) is 0 Å². The third kappa shape index (κ3) is 10.1. The van der Waals surface area contributed by atoms with Gasteiger partial charge in [-0.25, -0.2) is 13.6 Å². The minimum atomic E-state index is -4.02. The molecule has 0 spiro atoms. The van der Waals surface area contributed by atoms with Crippen molar-refractivity contribution in [3.8, 4) is 0 Å². The Hall–Kier alpha value is -4.43. The van der Waals surface area contributed by atoms with Crippen LogP contribution in [0.15, 0.2) is 59.5 Å². The van der Waals surface area contributed by atoms with E-state index in [0.29, 0.717) is 19.3 Å². The molecule has 1 aliphatic heterocycles. The average Bonchev–Trinajstić information content (AvgIpc) is 3.62. The Morgan fingerprint density at radius 3 is 2.23 bits per heavy atom. The zero-order valence-electron chi connectivity index (χ0n) is 28.7. The first kappa shape index (κ1) is 40.3. The number of sulfonamides is 1. The molecular weight excluding hydrogens is 715 g/mol. The van der Waals surface area contributed by atoms with Crippen LogP contribution in [0.5, 0.6) is 0 Å². The van der Waals surface area contributed by atoms with Gasteiger partial charge in [-0.3, -0.25) is 24.0 Å². The number of rotatable bonds is 16. The van der Waals surface area contributed by atoms with Crippen molar-refractivity contribution in [2.75, 3.05) is 13.1 Å². The van der Waals surface area contributed by atoms with Crippen LogP contribution in [-0.2, 0) is 35.6 Å². The van der Waals surface area contributed by atoms with Crippen molar-refractivity contribution in [3.05, 3.63) is 65.7 Å². The third-order valence-corrected chi connectivity index (χ3v) is 10.6. The highest BCUT2D eigenvalue weighted by atomic mass is 32.2. The summed E-state index contributed by atoms with van der Waals surface area (Å²) in [5.74, 6) is -4.28. The molecule has 2 fully saturated rings. The van der Waals surface area contributed by atoms with Crippen LogP contribution >= 0.6 is 12.2 Å². The van der Waals surface area contributed by atoms with E-state index < -0.39 is 83.3 Å². The molecule has 2 unspecified atom stereocenters. The van der Waals surface area contributed by atoms with Gasteiger partial charge in [0.05, 0.1) is 34.3 Å². The highest BCUT2D eigenvalue weighted by Gasteiger charge is 2.63. The number of carboxylic acids is 1. The topological polar surface area (TPSA) is 258 Å². The van der Waals surface area contributed by atoms with Gasteiger partial charge < -0.3 is 41.3 Å². The van der Waals surface area contributed by atoms with E-state index in [0.717, 1.165) is 29.8 Å². The van der Waals surface area contributed by atoms with Gasteiger partial charge in [-0.15, -0.1) is 0 Å². The molecule has 0 bridgehead atoms. The molecule has 1 saturated heterocycles. The van der Waals surface area contributed by atoms with E-state index in [1.807, 2.05) is 44.2 Å². The van der Waals surface area contributed by atoms with Gasteiger partial charge in [-0.1, -0.05) is 56.4 Å². The van der Waals surface area contributed by atoms with Crippen molar-refractivity contribution in [2.45, 2.75) is 74.4 Å². The number of nitrogens with two attached hydrogens (primary N) is 1. The van der Waals surface area contributed by atoms with Gasteiger partial charge in [-0.05, 0) is 67.3 Å². The molecule has 0 radical (unpaired) electrons. The van der Waals surface area contributed by atoms with Crippen molar-refractivity contribution in [1.82, 2.24) is 26.2 Å². The van der Waals surface area contributed by atoms with Gasteiger partial charge in [0, 0.05) is 12.1 Å². The zero-order valence-corrected chi connectivity index (χ0v) is 30.3. The number of carbonyl (C=O) groups is 5. The fraction of sp³-hybridized carbons (Fsp3) is 0.455. The first-order chi connectivity index (χ1) is 24.4. The molecule has 16 nitrogen and oxygen atoms in total. The van der Waals surface area contributed by atoms with Crippen molar-refractivity contribution >= 4 is 63.9 Å². The van der Waals surface area contributed by atoms with Crippen LogP contribution in [-0.4, -0.2) is 107 Å². The summed E-state index contributed by atoms with van der Waals surface area (Å²) in [6, 6.07) is 10.4. The summed E-state index contributed by atoms with van der Waals surface area (Å²) in [5.41, 5.74) is -0.260. The van der Waals surface area contributed by atoms with Gasteiger partial charge in [-0.2, -0.15) is 0 Å². The lowest BCUT2D eigenvalue weighted by molar-refractivity contribution is -0.140. The largest absolute Gasteiger partial charge is 0.481 e. The Labute approximate surface area is 307 Å². The highest BCUT2D eigenvalue weighted by molar-refractivity contribution is 7.89. The molecular formula is C33H43BN6O10S2. The second-order valence-corrected chi connectivity index (χ2v) is 15.4. The molecule has 2 aliphatic rings. The third-order valence-electron chi connectivity index (χ3n) is 9.33. The molecule has 1 aliphatic carbocycles. The number of amides is 4. The first-order valence-electron chi connectivity index (χ1n) is 16.7. The quantitative estimate of drug-likeness (QED) is 0.0765. The molecule has 19 heteroatoms. The van der Waals surface area contributed by atoms with Crippen LogP contribution < -0.4 is 26.4 Å². The monoisotopic (exact) mass is 758 g/mol. The van der Waals surface area contributed by atoms with Crippen LogP contribution in [0.4, 0.5) is 0 Å². The fourth-order valence-electron chi connectivity index (χ4n) is 6.43. The minimum absolute atomic E-state index is 0.0517. The summed E-state index contributed by atoms with van der Waals surface area (Å²) in [6.45, 7) is 3.55. The molecule has 5 atom stereocenters. The predicted octanol–water partition coefficient (Wildman–Crippen LogP) is -0.914. The predicted molar refractivity (Wildman–Crippen MR) is 193 cm³/mol. The van der Waals surface area contributed by atoms with E-state index in [4.69, 9.17) is 17.4 Å². The van der Waals surface area contributed by atoms with Crippen LogP contribution in [0, 0.1) is 11.8 Å². The molecule has 52 heavy (non-hydrogen) atoms. The van der Waals surface area contributed by atoms with E-state index in [9.17, 15) is 47.5 Å². The first-order valence-corrected chi connectivity index (χ1v) is 18.6. The zero-order chi connectivity index (χ0) is 38.4. The molecule has 2 aromatic rings. The number of nitrogens with one attached hydrogen (secondary N) is 4. The summed E-state index contributed by atoms with van der Waals surface area (Å²) in [5, 5.41) is 45.6. The fourth-order valence-corrected chi connectivity index (χ4v) is 7.28. The summed E-state index contributed by atoms with van der Waals surface area (Å²) in [7, 11) is -5.71. The van der Waals surface area contributed by atoms with E-state index in [-0.39, 0.29) is 40.2 Å². The second-order valence-electron chi connectivity index (χ2n) is 13.4. The van der Waals surface area contributed by atoms with Gasteiger partial charge >= 0.3 is 13.1 Å². The molecule has 280 valence electrons. The summed E-state index contributed by atoms with van der Waals surface area (Å²) < 4.78 is 23.0. The Balaban J connectivity index is 1.40. The number of hydrogen-bond donors (Lipinski definition) is 8. The highest BCUT2D eigenvalue weighted by Crippen LogP contribution is 2.49. The Kier molecular flexibility index (Phi) is 13.1. The van der Waals surface area contributed by atoms with Crippen molar-refractivity contribution < 1.29 is 47.5 Å². The molecule has 1 heterocycles. The number of likely N-dealkylation sites (tertiary alicyclic amines) is 1. The van der Waals surface area contributed by atoms with Gasteiger partial charge in [0.25, 0.3) is 5.91 Å². The Morgan fingerprint density at radius 2 is 1.67 bits per heavy atom. The molecule has 1 saturated carbocycles. The number of nitrogens with zero attached hydrogens (tertiary/aromatic N) is 1. The maximum Gasteiger partial charge on any atom is 0.479 e. The number of aliphatic carboxylic acids is 1. The average molecular weight is 759 g/mol. The number of carboxylic acid groups (broad SMARTS) is 1. The minimum Gasteiger partial charge on any atom is -0.481 e. The van der Waals surface area contributed by atoms with Crippen LogP contribution in [0.2, 0.25) is 0 Å². The normalized spacial score (nSPS) is 20.7. The number of thiocarbonyl (C=S) groups is 1. The van der Waals surface area contributed by atoms with Gasteiger partial charge in [0.15, 0.2) is 0 Å². The Morgan fingerprint density at radius 1 is 1.02 bits per heavy atom. The molecule has 4 amide bonds. The number of benzene rings is 2. The molecule has 2 aromatic carbocycles. The summed E-state index contributed by atoms with van der Waals surface area (Å²) in [6.07, 6.45) is 0.754. The van der Waals surface area contributed by atoms with Crippen molar-refractivity contribution in [1.29, 1.82) is 0 Å². The van der Waals surface area contributed by atoms with E-state index in [1.54, 1.807) is 0 Å². The lowest BCUT2D eigenvalue weighted by atomic mass is 9.72. The second kappa shape index (κ2) is 16.9. The molecule has 0 aromatic heterocycles. The van der Waals surface area contributed by atoms with Crippen LogP contribution in [0.25, 0.3) is 0 Å². The van der Waals surface area contributed by atoms with Gasteiger partial charge in [0.2, 0.25) is 27.7 Å². The van der Waals surface area contributed by atoms with E-state index in [1.165, 1.54) is 4.90 Å². The molecule has 4 rings (SSSR count). The Bertz CT molecular complexity index is 1780. The number of primary sulfonamides is 1. The summed E-state index contributed by atoms with van der Waals surface area (Å²) in [4.78, 5) is 65.6. The lowest BCUT2D eigenvalue weighted by Gasteiger charge is -2.30. The number of hydrogen-bond acceptors (Lipinski definition) is 10. The van der Waals surface area contributed by atoms with E-state index >= 15 is 0 Å². The van der Waals surface area contributed by atoms with Crippen molar-refractivity contribution in [2.24, 2.45) is 17.0 Å². The van der Waals surface area contributed by atoms with Gasteiger partial charge in [0.1, 0.15) is 12.1 Å². The summed E-state index contributed by atoms with van der Waals surface area (Å²) >= 11 is 5.72. The maximum atomic E-state index is 13.7. The maximum absolute atomic E-state index is 13.7. The molecule has 9 N–H and O–H groups in total. The van der Waals surface area contributed by atoms with Crippen LogP contribution in [0.1, 0.15) is 55.5 Å². The van der Waals surface area contributed by atoms with E-state index in [2.05, 4.69) is 21.3 Å². The van der Waals surface area contributed by atoms with Crippen LogP contribution in [0.3, 0.4) is 0 Å². The number of carbonyl (C=O) groups excluding carboxylic acids is 4. The lowest BCUT2D eigenvalue weighted by Crippen LogP contribution is -2.59. The SMILES string of the molecule is CC(C)C1CC1(NC(=S)[C@H](Cc1ccccc1)NC(=O)[C@@H]1CCCN1C(=O)CNC(=O)[C@H](CC(=O)O)NC(=O)c1ccc(S(N)(=O)=O)cc1)B(O)O. The smallest absolute Gasteiger partial charge is 0.479 e. The standard InChI is InChI=1S/C33H43BN6O10S2/c1-19(2)23-17-33(23,34(47)48)39-32(51)25(15-20-7-4-3-5-8-20)38-31(46)26-9-6-14-40(26)27(41)18-36-30(45)24(16-28(42)43)37-29(44)21-10-12-22(13-11-21)52(35,49)50/h3-5,7-8,10-13,19,23-26,47-48H,6,9,14-18H2,1-2H3,(H,36,45)(H,37,44)(H,38,46)(H,39,51)(H,42,43)(H2,35,49,50)/t23?,24-,25-,26-,33?/m0/s1.